The van der Waals surface area contributed by atoms with Crippen molar-refractivity contribution in [2.24, 2.45) is 0 Å². The van der Waals surface area contributed by atoms with Crippen LogP contribution < -0.4 is 0 Å². The Labute approximate surface area is 133 Å². The number of rotatable bonds is 4. The van der Waals surface area contributed by atoms with Crippen LogP contribution in [0.15, 0.2) is 52.3 Å². The minimum Gasteiger partial charge on any atom is -0.419 e. The van der Waals surface area contributed by atoms with Crippen LogP contribution in [0.4, 0.5) is 0 Å². The molecular formula is C17H17N3OS. The van der Waals surface area contributed by atoms with E-state index in [1.54, 1.807) is 0 Å². The molecule has 0 bridgehead atoms. The first-order valence-corrected chi connectivity index (χ1v) is 8.43. The van der Waals surface area contributed by atoms with Gasteiger partial charge in [0.1, 0.15) is 0 Å². The summed E-state index contributed by atoms with van der Waals surface area (Å²) in [6, 6.07) is 14.7. The number of hydrogen-bond donors (Lipinski definition) is 0. The monoisotopic (exact) mass is 311 g/mol. The highest BCUT2D eigenvalue weighted by Crippen LogP contribution is 2.35. The molecule has 4 rings (SSSR count). The van der Waals surface area contributed by atoms with Crippen LogP contribution >= 0.6 is 11.3 Å². The molecule has 5 heteroatoms. The van der Waals surface area contributed by atoms with Crippen LogP contribution in [-0.2, 0) is 6.54 Å². The highest BCUT2D eigenvalue weighted by atomic mass is 32.1. The third kappa shape index (κ3) is 2.69. The Bertz CT molecular complexity index is 723. The Kier molecular flexibility index (Phi) is 3.74. The molecule has 0 unspecified atom stereocenters. The van der Waals surface area contributed by atoms with Gasteiger partial charge in [-0.1, -0.05) is 24.3 Å². The quantitative estimate of drug-likeness (QED) is 0.726. The fourth-order valence-electron chi connectivity index (χ4n) is 3.01. The minimum absolute atomic E-state index is 0.493. The van der Waals surface area contributed by atoms with Crippen LogP contribution in [-0.4, -0.2) is 21.6 Å². The first-order valence-electron chi connectivity index (χ1n) is 7.55. The average Bonchev–Trinajstić information content (AvgIpc) is 3.30. The summed E-state index contributed by atoms with van der Waals surface area (Å²) in [7, 11) is 0. The Morgan fingerprint density at radius 2 is 2.05 bits per heavy atom. The van der Waals surface area contributed by atoms with E-state index in [1.807, 2.05) is 41.7 Å². The van der Waals surface area contributed by atoms with E-state index in [9.17, 15) is 0 Å². The molecule has 0 spiro atoms. The summed E-state index contributed by atoms with van der Waals surface area (Å²) in [4.78, 5) is 3.87. The fraction of sp³-hybridized carbons (Fsp3) is 0.294. The average molecular weight is 311 g/mol. The van der Waals surface area contributed by atoms with Gasteiger partial charge in [0.05, 0.1) is 6.54 Å². The van der Waals surface area contributed by atoms with Crippen molar-refractivity contribution in [2.45, 2.75) is 25.4 Å². The van der Waals surface area contributed by atoms with Gasteiger partial charge < -0.3 is 4.42 Å². The van der Waals surface area contributed by atoms with Gasteiger partial charge in [-0.3, -0.25) is 4.90 Å². The summed E-state index contributed by atoms with van der Waals surface area (Å²) in [5.74, 6) is 1.30. The minimum atomic E-state index is 0.493. The van der Waals surface area contributed by atoms with Crippen molar-refractivity contribution in [1.29, 1.82) is 0 Å². The second kappa shape index (κ2) is 6.02. The lowest BCUT2D eigenvalue weighted by Gasteiger charge is -2.21. The highest BCUT2D eigenvalue weighted by molar-refractivity contribution is 7.10. The lowest BCUT2D eigenvalue weighted by atomic mass is 10.2. The Morgan fingerprint density at radius 3 is 2.86 bits per heavy atom. The zero-order valence-electron chi connectivity index (χ0n) is 12.2. The van der Waals surface area contributed by atoms with Crippen LogP contribution in [0.2, 0.25) is 0 Å². The molecule has 1 atom stereocenters. The maximum absolute atomic E-state index is 5.84. The van der Waals surface area contributed by atoms with E-state index in [4.69, 9.17) is 4.42 Å². The lowest BCUT2D eigenvalue weighted by Crippen LogP contribution is -2.22. The highest BCUT2D eigenvalue weighted by Gasteiger charge is 2.28. The molecule has 3 heterocycles. The van der Waals surface area contributed by atoms with E-state index in [2.05, 4.69) is 32.6 Å². The molecule has 1 aliphatic rings. The van der Waals surface area contributed by atoms with Gasteiger partial charge in [-0.05, 0) is 43.0 Å². The normalized spacial score (nSPS) is 18.8. The summed E-state index contributed by atoms with van der Waals surface area (Å²) in [6.45, 7) is 1.81. The van der Waals surface area contributed by atoms with E-state index in [1.165, 1.54) is 17.7 Å². The van der Waals surface area contributed by atoms with Crippen LogP contribution in [0.5, 0.6) is 0 Å². The summed E-state index contributed by atoms with van der Waals surface area (Å²) in [5.41, 5.74) is 0.970. The van der Waals surface area contributed by atoms with Gasteiger partial charge in [0.25, 0.3) is 0 Å². The third-order valence-corrected chi connectivity index (χ3v) is 5.03. The van der Waals surface area contributed by atoms with E-state index < -0.39 is 0 Å². The van der Waals surface area contributed by atoms with Gasteiger partial charge in [-0.15, -0.1) is 21.5 Å². The number of benzene rings is 1. The van der Waals surface area contributed by atoms with Gasteiger partial charge in [-0.2, -0.15) is 0 Å². The standard InChI is InChI=1S/C17H17N3OS/c1-2-6-13(7-3-1)17-19-18-16(21-17)12-20-10-4-8-14(20)15-9-5-11-22-15/h1-3,5-7,9,11,14H,4,8,10,12H2/t14-/m0/s1. The predicted molar refractivity (Wildman–Crippen MR) is 86.4 cm³/mol. The summed E-state index contributed by atoms with van der Waals surface area (Å²) >= 11 is 1.83. The summed E-state index contributed by atoms with van der Waals surface area (Å²) in [6.07, 6.45) is 2.43. The third-order valence-electron chi connectivity index (χ3n) is 4.06. The molecular weight excluding hydrogens is 294 g/mol. The van der Waals surface area contributed by atoms with Crippen molar-refractivity contribution in [1.82, 2.24) is 15.1 Å². The van der Waals surface area contributed by atoms with Crippen molar-refractivity contribution in [2.75, 3.05) is 6.54 Å². The largest absolute Gasteiger partial charge is 0.419 e. The van der Waals surface area contributed by atoms with Crippen molar-refractivity contribution < 1.29 is 4.42 Å². The SMILES string of the molecule is c1ccc(-c2nnc(CN3CCC[C@H]3c3cccs3)o2)cc1. The van der Waals surface area contributed by atoms with Crippen molar-refractivity contribution in [3.8, 4) is 11.5 Å². The van der Waals surface area contributed by atoms with E-state index in [0.29, 0.717) is 17.8 Å². The van der Waals surface area contributed by atoms with Crippen molar-refractivity contribution in [3.63, 3.8) is 0 Å². The molecule has 112 valence electrons. The predicted octanol–water partition coefficient (Wildman–Crippen LogP) is 4.14. The molecule has 0 aliphatic carbocycles. The van der Waals surface area contributed by atoms with Gasteiger partial charge in [0.15, 0.2) is 0 Å². The first-order chi connectivity index (χ1) is 10.9. The molecule has 1 aromatic carbocycles. The Morgan fingerprint density at radius 1 is 1.14 bits per heavy atom. The Hall–Kier alpha value is -1.98. The molecule has 0 amide bonds. The maximum atomic E-state index is 5.84. The molecule has 1 fully saturated rings. The van der Waals surface area contributed by atoms with Crippen molar-refractivity contribution in [3.05, 3.63) is 58.6 Å². The molecule has 0 radical (unpaired) electrons. The van der Waals surface area contributed by atoms with Gasteiger partial charge in [0, 0.05) is 16.5 Å². The van der Waals surface area contributed by atoms with Gasteiger partial charge in [-0.25, -0.2) is 0 Å². The van der Waals surface area contributed by atoms with Crippen LogP contribution in [0.3, 0.4) is 0 Å². The number of aromatic nitrogens is 2. The molecule has 1 aliphatic heterocycles. The number of nitrogens with zero attached hydrogens (tertiary/aromatic N) is 3. The smallest absolute Gasteiger partial charge is 0.247 e. The summed E-state index contributed by atoms with van der Waals surface area (Å²) in [5, 5.41) is 10.5. The van der Waals surface area contributed by atoms with Crippen molar-refractivity contribution >= 4 is 11.3 Å². The molecule has 2 aromatic heterocycles. The van der Waals surface area contributed by atoms with Crippen LogP contribution in [0, 0.1) is 0 Å². The lowest BCUT2D eigenvalue weighted by molar-refractivity contribution is 0.227. The Balaban J connectivity index is 1.51. The fourth-order valence-corrected chi connectivity index (χ4v) is 3.90. The topological polar surface area (TPSA) is 42.2 Å². The van der Waals surface area contributed by atoms with E-state index in [-0.39, 0.29) is 0 Å². The molecule has 3 aromatic rings. The van der Waals surface area contributed by atoms with Crippen LogP contribution in [0.1, 0.15) is 29.7 Å². The number of likely N-dealkylation sites (tertiary alicyclic amines) is 1. The van der Waals surface area contributed by atoms with E-state index >= 15 is 0 Å². The zero-order valence-corrected chi connectivity index (χ0v) is 13.0. The van der Waals surface area contributed by atoms with Gasteiger partial charge in [0.2, 0.25) is 11.8 Å². The molecule has 0 N–H and O–H groups in total. The second-order valence-corrected chi connectivity index (χ2v) is 6.49. The van der Waals surface area contributed by atoms with Crippen LogP contribution in [0.25, 0.3) is 11.5 Å². The molecule has 4 nitrogen and oxygen atoms in total. The summed E-state index contributed by atoms with van der Waals surface area (Å²) < 4.78 is 5.84. The maximum Gasteiger partial charge on any atom is 0.247 e. The second-order valence-electron chi connectivity index (χ2n) is 5.51. The molecule has 1 saturated heterocycles. The van der Waals surface area contributed by atoms with E-state index in [0.717, 1.165) is 18.7 Å². The molecule has 0 saturated carbocycles. The molecule has 22 heavy (non-hydrogen) atoms. The number of hydrogen-bond acceptors (Lipinski definition) is 5. The van der Waals surface area contributed by atoms with Gasteiger partial charge >= 0.3 is 0 Å². The zero-order chi connectivity index (χ0) is 14.8. The number of thiophene rings is 1. The first kappa shape index (κ1) is 13.7.